The largest absolute Gasteiger partial charge is 0.391 e. The number of aliphatic hydroxyl groups excluding tert-OH is 1. The molecule has 8 nitrogen and oxygen atoms in total. The first-order chi connectivity index (χ1) is 15.8. The zero-order valence-corrected chi connectivity index (χ0v) is 18.8. The molecule has 1 aromatic carbocycles. The Balaban J connectivity index is 1.35. The quantitative estimate of drug-likeness (QED) is 0.511. The van der Waals surface area contributed by atoms with Crippen molar-refractivity contribution in [3.05, 3.63) is 80.1 Å². The predicted molar refractivity (Wildman–Crippen MR) is 124 cm³/mol. The summed E-state index contributed by atoms with van der Waals surface area (Å²) < 4.78 is 16.4. The van der Waals surface area contributed by atoms with E-state index in [1.807, 2.05) is 0 Å². The Morgan fingerprint density at radius 3 is 2.70 bits per heavy atom. The lowest BCUT2D eigenvalue weighted by Gasteiger charge is -2.18. The number of nitrogens with zero attached hydrogens (tertiary/aromatic N) is 2. The van der Waals surface area contributed by atoms with Gasteiger partial charge in [-0.1, -0.05) is 17.7 Å². The summed E-state index contributed by atoms with van der Waals surface area (Å²) >= 11 is 6.99. The number of amides is 3. The number of nitrogens with one attached hydrogen (secondary N) is 2. The average molecular weight is 491 g/mol. The summed E-state index contributed by atoms with van der Waals surface area (Å²) in [5.41, 5.74) is -0.0240. The molecule has 0 spiro atoms. The van der Waals surface area contributed by atoms with Crippen LogP contribution in [0.1, 0.15) is 9.67 Å². The van der Waals surface area contributed by atoms with Gasteiger partial charge in [0.25, 0.3) is 11.5 Å². The molecule has 3 amide bonds. The van der Waals surface area contributed by atoms with Crippen molar-refractivity contribution in [2.45, 2.75) is 6.10 Å². The zero-order chi connectivity index (χ0) is 23.5. The van der Waals surface area contributed by atoms with Crippen LogP contribution in [0.3, 0.4) is 0 Å². The molecular formula is C22H20ClFN4O4S. The van der Waals surface area contributed by atoms with Gasteiger partial charge in [0.05, 0.1) is 26.7 Å². The van der Waals surface area contributed by atoms with E-state index in [1.54, 1.807) is 24.3 Å². The van der Waals surface area contributed by atoms with Crippen LogP contribution in [-0.2, 0) is 0 Å². The van der Waals surface area contributed by atoms with E-state index in [9.17, 15) is 23.9 Å². The van der Waals surface area contributed by atoms with Gasteiger partial charge in [-0.05, 0) is 30.3 Å². The number of pyridine rings is 1. The molecule has 1 aliphatic rings. The summed E-state index contributed by atoms with van der Waals surface area (Å²) in [7, 11) is 0. The van der Waals surface area contributed by atoms with Gasteiger partial charge in [-0.15, -0.1) is 11.3 Å². The van der Waals surface area contributed by atoms with Crippen molar-refractivity contribution in [3.63, 3.8) is 0 Å². The monoisotopic (exact) mass is 490 g/mol. The van der Waals surface area contributed by atoms with E-state index in [0.29, 0.717) is 14.9 Å². The highest BCUT2D eigenvalue weighted by atomic mass is 35.5. The van der Waals surface area contributed by atoms with E-state index in [2.05, 4.69) is 10.6 Å². The van der Waals surface area contributed by atoms with Crippen LogP contribution >= 0.6 is 22.9 Å². The molecule has 1 fully saturated rings. The number of thiophene rings is 1. The lowest BCUT2D eigenvalue weighted by molar-refractivity contribution is 0.0930. The first kappa shape index (κ1) is 23.0. The van der Waals surface area contributed by atoms with Crippen LogP contribution in [0.4, 0.5) is 14.9 Å². The van der Waals surface area contributed by atoms with Gasteiger partial charge in [-0.25, -0.2) is 9.18 Å². The van der Waals surface area contributed by atoms with Gasteiger partial charge in [-0.3, -0.25) is 14.2 Å². The number of carbonyl (C=O) groups excluding carboxylic acids is 2. The number of anilines is 1. The number of carbonyl (C=O) groups is 2. The lowest BCUT2D eigenvalue weighted by atomic mass is 10.1. The molecule has 0 bridgehead atoms. The summed E-state index contributed by atoms with van der Waals surface area (Å²) in [6.45, 7) is 0.419. The van der Waals surface area contributed by atoms with E-state index < -0.39 is 18.0 Å². The van der Waals surface area contributed by atoms with Crippen molar-refractivity contribution in [2.75, 3.05) is 25.0 Å². The van der Waals surface area contributed by atoms with Crippen molar-refractivity contribution < 1.29 is 19.1 Å². The topological polar surface area (TPSA) is 104 Å². The predicted octanol–water partition coefficient (Wildman–Crippen LogP) is 2.95. The highest BCUT2D eigenvalue weighted by molar-refractivity contribution is 7.18. The number of likely N-dealkylation sites (tertiary alicyclic amines) is 1. The number of aromatic nitrogens is 1. The lowest BCUT2D eigenvalue weighted by Crippen LogP contribution is -2.35. The van der Waals surface area contributed by atoms with Crippen molar-refractivity contribution >= 4 is 40.6 Å². The molecule has 172 valence electrons. The number of aliphatic hydroxyl groups is 1. The van der Waals surface area contributed by atoms with Crippen molar-refractivity contribution in [1.82, 2.24) is 14.8 Å². The third-order valence-electron chi connectivity index (χ3n) is 5.31. The third-order valence-corrected chi connectivity index (χ3v) is 6.54. The fourth-order valence-electron chi connectivity index (χ4n) is 3.56. The Morgan fingerprint density at radius 2 is 2.00 bits per heavy atom. The van der Waals surface area contributed by atoms with Gasteiger partial charge in [0.15, 0.2) is 0 Å². The number of hydrogen-bond donors (Lipinski definition) is 3. The summed E-state index contributed by atoms with van der Waals surface area (Å²) in [5, 5.41) is 15.5. The fraction of sp³-hybridized carbons (Fsp3) is 0.227. The molecule has 1 saturated heterocycles. The summed E-state index contributed by atoms with van der Waals surface area (Å²) in [4.78, 5) is 38.5. The Bertz CT molecular complexity index is 1250. The first-order valence-electron chi connectivity index (χ1n) is 10.1. The van der Waals surface area contributed by atoms with Crippen LogP contribution in [0, 0.1) is 11.7 Å². The Kier molecular flexibility index (Phi) is 6.77. The van der Waals surface area contributed by atoms with Crippen molar-refractivity contribution in [1.29, 1.82) is 0 Å². The molecule has 2 atom stereocenters. The number of urea groups is 1. The van der Waals surface area contributed by atoms with Gasteiger partial charge in [0, 0.05) is 43.9 Å². The standard InChI is InChI=1S/C22H20ClFN4O4S/c23-19-7-6-18(33-19)21(31)25-10-13-11-27(12-17(13)29)22(32)26-16-5-4-14(9-15(16)24)28-8-2-1-3-20(28)30/h1-9,13,17,29H,10-12H2,(H,25,31)(H,26,32)/t13?,17-/m1/s1. The van der Waals surface area contributed by atoms with E-state index >= 15 is 0 Å². The van der Waals surface area contributed by atoms with Crippen molar-refractivity contribution in [3.8, 4) is 5.69 Å². The van der Waals surface area contributed by atoms with Crippen molar-refractivity contribution in [2.24, 2.45) is 5.92 Å². The number of rotatable bonds is 5. The minimum absolute atomic E-state index is 0.0476. The first-order valence-corrected chi connectivity index (χ1v) is 11.3. The molecule has 0 saturated carbocycles. The maximum absolute atomic E-state index is 14.6. The number of hydrogen-bond acceptors (Lipinski definition) is 5. The van der Waals surface area contributed by atoms with Crippen LogP contribution in [0.25, 0.3) is 5.69 Å². The van der Waals surface area contributed by atoms with E-state index in [-0.39, 0.29) is 42.7 Å². The van der Waals surface area contributed by atoms with Gasteiger partial charge < -0.3 is 20.6 Å². The van der Waals surface area contributed by atoms with Gasteiger partial charge in [0.1, 0.15) is 5.82 Å². The van der Waals surface area contributed by atoms with Gasteiger partial charge >= 0.3 is 6.03 Å². The molecule has 1 unspecified atom stereocenters. The number of halogens is 2. The van der Waals surface area contributed by atoms with Crippen LogP contribution in [0.5, 0.6) is 0 Å². The minimum Gasteiger partial charge on any atom is -0.391 e. The molecular weight excluding hydrogens is 471 g/mol. The average Bonchev–Trinajstić information content (AvgIpc) is 3.39. The smallest absolute Gasteiger partial charge is 0.322 e. The summed E-state index contributed by atoms with van der Waals surface area (Å²) in [6, 6.07) is 11.3. The second-order valence-electron chi connectivity index (χ2n) is 7.55. The summed E-state index contributed by atoms with van der Waals surface area (Å²) in [6.07, 6.45) is 0.688. The Hall–Kier alpha value is -3.21. The second-order valence-corrected chi connectivity index (χ2v) is 9.26. The van der Waals surface area contributed by atoms with E-state index in [4.69, 9.17) is 11.6 Å². The molecule has 33 heavy (non-hydrogen) atoms. The third kappa shape index (κ3) is 5.24. The van der Waals surface area contributed by atoms with Gasteiger partial charge in [0.2, 0.25) is 0 Å². The Morgan fingerprint density at radius 1 is 1.18 bits per heavy atom. The molecule has 0 radical (unpaired) electrons. The molecule has 3 aromatic rings. The van der Waals surface area contributed by atoms with Gasteiger partial charge in [-0.2, -0.15) is 0 Å². The highest BCUT2D eigenvalue weighted by Crippen LogP contribution is 2.23. The number of β-amino-alcohol motifs (C(OH)–C–C–N with tert-alkyl or cyclic N) is 1. The SMILES string of the molecule is O=C(NCC1CN(C(=O)Nc2ccc(-n3ccccc3=O)cc2F)C[C@H]1O)c1ccc(Cl)s1. The number of benzene rings is 1. The van der Waals surface area contributed by atoms with E-state index in [0.717, 1.165) is 17.4 Å². The minimum atomic E-state index is -0.833. The van der Waals surface area contributed by atoms with Crippen LogP contribution in [-0.4, -0.2) is 52.3 Å². The second kappa shape index (κ2) is 9.74. The molecule has 1 aliphatic heterocycles. The summed E-state index contributed by atoms with van der Waals surface area (Å²) in [5.74, 6) is -1.37. The highest BCUT2D eigenvalue weighted by Gasteiger charge is 2.34. The Labute approximate surface area is 197 Å². The molecule has 3 N–H and O–H groups in total. The van der Waals surface area contributed by atoms with Crippen LogP contribution < -0.4 is 16.2 Å². The molecule has 2 aromatic heterocycles. The maximum Gasteiger partial charge on any atom is 0.322 e. The fourth-order valence-corrected chi connectivity index (χ4v) is 4.52. The normalized spacial score (nSPS) is 17.7. The molecule has 4 rings (SSSR count). The van der Waals surface area contributed by atoms with Crippen LogP contribution in [0.15, 0.2) is 59.5 Å². The van der Waals surface area contributed by atoms with E-state index in [1.165, 1.54) is 33.9 Å². The zero-order valence-electron chi connectivity index (χ0n) is 17.2. The molecule has 11 heteroatoms. The molecule has 0 aliphatic carbocycles. The maximum atomic E-state index is 14.6. The molecule has 3 heterocycles. The van der Waals surface area contributed by atoms with Crippen LogP contribution in [0.2, 0.25) is 4.34 Å².